The first-order valence-electron chi connectivity index (χ1n) is 4.89. The second-order valence-electron chi connectivity index (χ2n) is 4.15. The molecule has 0 bridgehead atoms. The molecule has 1 saturated carbocycles. The second-order valence-corrected chi connectivity index (χ2v) is 9.18. The van der Waals surface area contributed by atoms with Gasteiger partial charge in [-0.1, -0.05) is 11.6 Å². The Hall–Kier alpha value is 0.670. The molecule has 17 heavy (non-hydrogen) atoms. The predicted molar refractivity (Wildman–Crippen MR) is 74.6 cm³/mol. The first kappa shape index (κ1) is 14.1. The Morgan fingerprint density at radius 3 is 2.59 bits per heavy atom. The molecule has 0 unspecified atom stereocenters. The largest absolute Gasteiger partial charge is 0.250 e. The zero-order valence-electron chi connectivity index (χ0n) is 8.67. The van der Waals surface area contributed by atoms with Crippen molar-refractivity contribution in [3.05, 3.63) is 14.9 Å². The number of thiophene rings is 1. The summed E-state index contributed by atoms with van der Waals surface area (Å²) in [5.74, 6) is 0.490. The van der Waals surface area contributed by atoms with Crippen LogP contribution in [0.1, 0.15) is 12.8 Å². The Kier molecular flexibility index (Phi) is 4.13. The summed E-state index contributed by atoms with van der Waals surface area (Å²) in [5.41, 5.74) is -0.0348. The van der Waals surface area contributed by atoms with Gasteiger partial charge in [0.05, 0.1) is 8.81 Å². The molecular weight excluding hydrogens is 369 g/mol. The van der Waals surface area contributed by atoms with E-state index in [1.807, 2.05) is 0 Å². The smallest absolute Gasteiger partial charge is 0.210 e. The van der Waals surface area contributed by atoms with Crippen LogP contribution >= 0.6 is 50.5 Å². The minimum atomic E-state index is -3.47. The summed E-state index contributed by atoms with van der Waals surface area (Å²) in [7, 11) is -3.47. The molecule has 0 aliphatic heterocycles. The van der Waals surface area contributed by atoms with Gasteiger partial charge in [-0.2, -0.15) is 0 Å². The number of halogens is 3. The minimum Gasteiger partial charge on any atom is -0.210 e. The molecular formula is C9H10BrCl2NO2S2. The molecule has 3 nitrogen and oxygen atoms in total. The molecule has 96 valence electrons. The highest BCUT2D eigenvalue weighted by Gasteiger charge is 2.42. The van der Waals surface area contributed by atoms with E-state index in [9.17, 15) is 8.42 Å². The highest BCUT2D eigenvalue weighted by Crippen LogP contribution is 2.46. The first-order chi connectivity index (χ1) is 7.88. The Bertz CT molecular complexity index is 506. The van der Waals surface area contributed by atoms with Gasteiger partial charge in [-0.05, 0) is 40.3 Å². The molecule has 0 spiro atoms. The lowest BCUT2D eigenvalue weighted by atomic mass is 10.1. The maximum atomic E-state index is 12.0. The van der Waals surface area contributed by atoms with Crippen LogP contribution in [0.2, 0.25) is 5.02 Å². The van der Waals surface area contributed by atoms with Crippen LogP contribution < -0.4 is 4.72 Å². The fraction of sp³-hybridized carbons (Fsp3) is 0.556. The molecule has 0 atom stereocenters. The number of hydrogen-bond donors (Lipinski definition) is 1. The molecule has 1 aliphatic carbocycles. The summed E-state index contributed by atoms with van der Waals surface area (Å²) in [6.07, 6.45) is 1.96. The summed E-state index contributed by atoms with van der Waals surface area (Å²) in [5, 5.41) is 0.411. The third kappa shape index (κ3) is 3.16. The van der Waals surface area contributed by atoms with Crippen molar-refractivity contribution in [2.75, 3.05) is 12.4 Å². The lowest BCUT2D eigenvalue weighted by Crippen LogP contribution is -2.30. The van der Waals surface area contributed by atoms with Gasteiger partial charge in [0.25, 0.3) is 0 Å². The van der Waals surface area contributed by atoms with Gasteiger partial charge in [-0.3, -0.25) is 0 Å². The van der Waals surface area contributed by atoms with E-state index in [4.69, 9.17) is 23.2 Å². The van der Waals surface area contributed by atoms with Crippen molar-refractivity contribution in [2.24, 2.45) is 5.41 Å². The average molecular weight is 379 g/mol. The van der Waals surface area contributed by atoms with Gasteiger partial charge in [-0.25, -0.2) is 13.1 Å². The van der Waals surface area contributed by atoms with Gasteiger partial charge >= 0.3 is 0 Å². The SMILES string of the molecule is O=S(=O)(NCC1(CCl)CC1)c1cc(Cl)c(Br)s1. The zero-order chi connectivity index (χ0) is 12.7. The van der Waals surface area contributed by atoms with Crippen LogP contribution in [0, 0.1) is 5.41 Å². The van der Waals surface area contributed by atoms with Crippen molar-refractivity contribution in [3.63, 3.8) is 0 Å². The van der Waals surface area contributed by atoms with E-state index in [0.29, 0.717) is 21.2 Å². The molecule has 0 radical (unpaired) electrons. The first-order valence-corrected chi connectivity index (χ1v) is 8.90. The van der Waals surface area contributed by atoms with Crippen molar-refractivity contribution in [1.82, 2.24) is 4.72 Å². The Morgan fingerprint density at radius 1 is 1.53 bits per heavy atom. The standard InChI is InChI=1S/C9H10BrCl2NO2S2/c10-8-6(12)3-7(16-8)17(14,15)13-5-9(4-11)1-2-9/h3,13H,1-2,4-5H2. The summed E-state index contributed by atoms with van der Waals surface area (Å²) in [6, 6.07) is 1.44. The van der Waals surface area contributed by atoms with E-state index in [2.05, 4.69) is 20.7 Å². The number of rotatable bonds is 5. The molecule has 0 amide bonds. The van der Waals surface area contributed by atoms with Gasteiger partial charge in [-0.15, -0.1) is 22.9 Å². The van der Waals surface area contributed by atoms with Crippen LogP contribution in [0.25, 0.3) is 0 Å². The third-order valence-corrected chi connectivity index (χ3v) is 7.68. The zero-order valence-corrected chi connectivity index (χ0v) is 13.4. The molecule has 2 rings (SSSR count). The topological polar surface area (TPSA) is 46.2 Å². The number of sulfonamides is 1. The van der Waals surface area contributed by atoms with Crippen LogP contribution in [0.15, 0.2) is 14.1 Å². The highest BCUT2D eigenvalue weighted by atomic mass is 79.9. The summed E-state index contributed by atoms with van der Waals surface area (Å²) in [4.78, 5) is 0. The van der Waals surface area contributed by atoms with Gasteiger partial charge in [0, 0.05) is 12.4 Å². The summed E-state index contributed by atoms with van der Waals surface area (Å²) < 4.78 is 27.4. The van der Waals surface area contributed by atoms with Gasteiger partial charge in [0.1, 0.15) is 4.21 Å². The quantitative estimate of drug-likeness (QED) is 0.797. The van der Waals surface area contributed by atoms with Gasteiger partial charge in [0.15, 0.2) is 0 Å². The van der Waals surface area contributed by atoms with Crippen LogP contribution in [0.3, 0.4) is 0 Å². The van der Waals surface area contributed by atoms with Crippen LogP contribution in [-0.4, -0.2) is 20.8 Å². The summed E-state index contributed by atoms with van der Waals surface area (Å²) >= 11 is 15.9. The molecule has 8 heteroatoms. The summed E-state index contributed by atoms with van der Waals surface area (Å²) in [6.45, 7) is 0.395. The van der Waals surface area contributed by atoms with E-state index in [0.717, 1.165) is 24.2 Å². The monoisotopic (exact) mass is 377 g/mol. The van der Waals surface area contributed by atoms with Crippen molar-refractivity contribution in [1.29, 1.82) is 0 Å². The van der Waals surface area contributed by atoms with Crippen molar-refractivity contribution in [3.8, 4) is 0 Å². The second kappa shape index (κ2) is 4.98. The predicted octanol–water partition coefficient (Wildman–Crippen LogP) is 3.46. The molecule has 1 fully saturated rings. The highest BCUT2D eigenvalue weighted by molar-refractivity contribution is 9.11. The van der Waals surface area contributed by atoms with Gasteiger partial charge < -0.3 is 0 Å². The third-order valence-electron chi connectivity index (χ3n) is 2.77. The fourth-order valence-corrected chi connectivity index (χ4v) is 5.27. The average Bonchev–Trinajstić information content (AvgIpc) is 2.99. The van der Waals surface area contributed by atoms with Crippen molar-refractivity contribution in [2.45, 2.75) is 17.1 Å². The van der Waals surface area contributed by atoms with E-state index in [1.165, 1.54) is 6.07 Å². The number of nitrogens with one attached hydrogen (secondary N) is 1. The van der Waals surface area contributed by atoms with E-state index >= 15 is 0 Å². The Morgan fingerprint density at radius 2 is 2.18 bits per heavy atom. The van der Waals surface area contributed by atoms with Gasteiger partial charge in [0.2, 0.25) is 10.0 Å². The lowest BCUT2D eigenvalue weighted by molar-refractivity contribution is 0.536. The van der Waals surface area contributed by atoms with E-state index in [-0.39, 0.29) is 9.62 Å². The molecule has 0 saturated heterocycles. The van der Waals surface area contributed by atoms with Crippen LogP contribution in [0.4, 0.5) is 0 Å². The fourth-order valence-electron chi connectivity index (χ4n) is 1.31. The molecule has 1 aromatic heterocycles. The van der Waals surface area contributed by atoms with E-state index < -0.39 is 10.0 Å². The molecule has 1 aromatic rings. The normalized spacial score (nSPS) is 18.3. The molecule has 0 aromatic carbocycles. The maximum Gasteiger partial charge on any atom is 0.250 e. The van der Waals surface area contributed by atoms with Crippen LogP contribution in [0.5, 0.6) is 0 Å². The minimum absolute atomic E-state index is 0.0348. The Labute approximate surface area is 123 Å². The van der Waals surface area contributed by atoms with Crippen molar-refractivity contribution < 1.29 is 8.42 Å². The number of alkyl halides is 1. The molecule has 1 heterocycles. The van der Waals surface area contributed by atoms with Crippen LogP contribution in [-0.2, 0) is 10.0 Å². The molecule has 1 aliphatic rings. The van der Waals surface area contributed by atoms with Crippen molar-refractivity contribution >= 4 is 60.5 Å². The number of hydrogen-bond acceptors (Lipinski definition) is 3. The van der Waals surface area contributed by atoms with E-state index in [1.54, 1.807) is 0 Å². The lowest BCUT2D eigenvalue weighted by Gasteiger charge is -2.11. The molecule has 1 N–H and O–H groups in total. The Balaban J connectivity index is 2.09. The maximum absolute atomic E-state index is 12.0.